The number of hydrogen-bond acceptors (Lipinski definition) is 5. The largest absolute Gasteiger partial charge is 0.497 e. The van der Waals surface area contributed by atoms with Crippen molar-refractivity contribution in [3.63, 3.8) is 0 Å². The lowest BCUT2D eigenvalue weighted by Gasteiger charge is -2.33. The minimum Gasteiger partial charge on any atom is -0.497 e. The first-order valence-electron chi connectivity index (χ1n) is 13.6. The lowest BCUT2D eigenvalue weighted by molar-refractivity contribution is -0.140. The van der Waals surface area contributed by atoms with Gasteiger partial charge < -0.3 is 15.0 Å². The Kier molecular flexibility index (Phi) is 10.9. The van der Waals surface area contributed by atoms with Crippen LogP contribution < -0.4 is 14.4 Å². The smallest absolute Gasteiger partial charge is 0.264 e. The van der Waals surface area contributed by atoms with Gasteiger partial charge in [-0.2, -0.15) is 0 Å². The molecule has 3 aromatic carbocycles. The van der Waals surface area contributed by atoms with Crippen molar-refractivity contribution < 1.29 is 27.1 Å². The summed E-state index contributed by atoms with van der Waals surface area (Å²) in [6, 6.07) is 17.3. The van der Waals surface area contributed by atoms with Gasteiger partial charge in [-0.25, -0.2) is 12.8 Å². The van der Waals surface area contributed by atoms with E-state index >= 15 is 0 Å². The molecule has 220 valence electrons. The van der Waals surface area contributed by atoms with Crippen LogP contribution in [0.4, 0.5) is 10.1 Å². The molecule has 41 heavy (non-hydrogen) atoms. The first kappa shape index (κ1) is 31.6. The van der Waals surface area contributed by atoms with Gasteiger partial charge in [0.15, 0.2) is 0 Å². The minimum atomic E-state index is -4.22. The summed E-state index contributed by atoms with van der Waals surface area (Å²) in [5, 5.41) is 2.95. The van der Waals surface area contributed by atoms with Crippen molar-refractivity contribution in [3.05, 3.63) is 89.7 Å². The number of anilines is 1. The highest BCUT2D eigenvalue weighted by atomic mass is 32.2. The van der Waals surface area contributed by atoms with Crippen LogP contribution in [0.2, 0.25) is 0 Å². The van der Waals surface area contributed by atoms with E-state index in [1.54, 1.807) is 50.4 Å². The van der Waals surface area contributed by atoms with Gasteiger partial charge in [0.05, 0.1) is 17.7 Å². The van der Waals surface area contributed by atoms with Gasteiger partial charge in [0, 0.05) is 12.6 Å². The summed E-state index contributed by atoms with van der Waals surface area (Å²) in [5.41, 5.74) is 1.74. The van der Waals surface area contributed by atoms with E-state index in [1.165, 1.54) is 29.2 Å². The summed E-state index contributed by atoms with van der Waals surface area (Å²) < 4.78 is 47.7. The Hall–Kier alpha value is -3.92. The maximum Gasteiger partial charge on any atom is 0.264 e. The molecule has 2 amide bonds. The highest BCUT2D eigenvalue weighted by Gasteiger charge is 2.34. The zero-order valence-electron chi connectivity index (χ0n) is 24.1. The number of benzene rings is 3. The highest BCUT2D eigenvalue weighted by Crippen LogP contribution is 2.26. The first-order chi connectivity index (χ1) is 19.5. The third-order valence-electron chi connectivity index (χ3n) is 6.90. The van der Waals surface area contributed by atoms with Crippen molar-refractivity contribution in [1.82, 2.24) is 10.2 Å². The standard InChI is InChI=1S/C31H38FN3O5S/c1-6-23(4)33-31(37)29(7-2)34(20-24-10-16-27(40-5)17-11-24)30(36)21-35(26-14-12-25(32)13-15-26)41(38,39)28-18-8-22(3)9-19-28/h8-19,23,29H,6-7,20-21H2,1-5H3,(H,33,37). The van der Waals surface area contributed by atoms with Gasteiger partial charge in [0.25, 0.3) is 10.0 Å². The van der Waals surface area contributed by atoms with Crippen LogP contribution in [0.1, 0.15) is 44.7 Å². The van der Waals surface area contributed by atoms with Gasteiger partial charge in [-0.3, -0.25) is 13.9 Å². The number of amides is 2. The monoisotopic (exact) mass is 583 g/mol. The van der Waals surface area contributed by atoms with E-state index in [2.05, 4.69) is 5.32 Å². The zero-order chi connectivity index (χ0) is 30.2. The third kappa shape index (κ3) is 8.07. The average Bonchev–Trinajstić information content (AvgIpc) is 2.96. The maximum atomic E-state index is 14.1. The fourth-order valence-electron chi connectivity index (χ4n) is 4.26. The van der Waals surface area contributed by atoms with Crippen LogP contribution in [0.15, 0.2) is 77.7 Å². The van der Waals surface area contributed by atoms with Gasteiger partial charge in [-0.05, 0) is 80.8 Å². The molecule has 0 spiro atoms. The van der Waals surface area contributed by atoms with Gasteiger partial charge in [0.2, 0.25) is 11.8 Å². The number of carbonyl (C=O) groups excluding carboxylic acids is 2. The number of methoxy groups -OCH3 is 1. The molecule has 0 aliphatic rings. The Morgan fingerprint density at radius 2 is 1.54 bits per heavy atom. The summed E-state index contributed by atoms with van der Waals surface area (Å²) in [7, 11) is -2.67. The summed E-state index contributed by atoms with van der Waals surface area (Å²) in [6.07, 6.45) is 1.02. The Balaban J connectivity index is 2.05. The van der Waals surface area contributed by atoms with Crippen LogP contribution in [0.3, 0.4) is 0 Å². The number of hydrogen-bond donors (Lipinski definition) is 1. The predicted molar refractivity (Wildman–Crippen MR) is 158 cm³/mol. The molecule has 2 unspecified atom stereocenters. The average molecular weight is 584 g/mol. The Morgan fingerprint density at radius 3 is 2.07 bits per heavy atom. The van der Waals surface area contributed by atoms with Crippen molar-refractivity contribution in [2.24, 2.45) is 0 Å². The molecule has 0 saturated heterocycles. The molecular formula is C31H38FN3O5S. The van der Waals surface area contributed by atoms with Crippen LogP contribution >= 0.6 is 0 Å². The van der Waals surface area contributed by atoms with Crippen LogP contribution in [-0.4, -0.2) is 50.9 Å². The maximum absolute atomic E-state index is 14.1. The van der Waals surface area contributed by atoms with Crippen molar-refractivity contribution in [3.8, 4) is 5.75 Å². The molecule has 0 bridgehead atoms. The molecular weight excluding hydrogens is 545 g/mol. The number of aryl methyl sites for hydroxylation is 1. The van der Waals surface area contributed by atoms with Crippen molar-refractivity contribution in [2.75, 3.05) is 18.0 Å². The summed E-state index contributed by atoms with van der Waals surface area (Å²) >= 11 is 0. The van der Waals surface area contributed by atoms with Crippen molar-refractivity contribution >= 4 is 27.5 Å². The summed E-state index contributed by atoms with van der Waals surface area (Å²) in [5.74, 6) is -0.799. The molecule has 0 aliphatic carbocycles. The van der Waals surface area contributed by atoms with E-state index in [1.807, 2.05) is 20.8 Å². The van der Waals surface area contributed by atoms with Gasteiger partial charge in [0.1, 0.15) is 24.2 Å². The number of rotatable bonds is 13. The number of ether oxygens (including phenoxy) is 1. The van der Waals surface area contributed by atoms with Crippen LogP contribution in [0.5, 0.6) is 5.75 Å². The third-order valence-corrected chi connectivity index (χ3v) is 8.69. The normalized spacial score (nSPS) is 12.7. The lowest BCUT2D eigenvalue weighted by Crippen LogP contribution is -2.53. The predicted octanol–water partition coefficient (Wildman–Crippen LogP) is 5.06. The second kappa shape index (κ2) is 14.1. The minimum absolute atomic E-state index is 0.0107. The van der Waals surface area contributed by atoms with E-state index in [0.29, 0.717) is 18.6 Å². The molecule has 0 aliphatic heterocycles. The molecule has 0 fully saturated rings. The molecule has 0 aromatic heterocycles. The van der Waals surface area contributed by atoms with Crippen molar-refractivity contribution in [1.29, 1.82) is 0 Å². The molecule has 2 atom stereocenters. The SMILES string of the molecule is CCC(C)NC(=O)C(CC)N(Cc1ccc(OC)cc1)C(=O)CN(c1ccc(F)cc1)S(=O)(=O)c1ccc(C)cc1. The van der Waals surface area contributed by atoms with Gasteiger partial charge >= 0.3 is 0 Å². The topological polar surface area (TPSA) is 96.0 Å². The first-order valence-corrected chi connectivity index (χ1v) is 15.0. The zero-order valence-corrected chi connectivity index (χ0v) is 24.9. The second-order valence-electron chi connectivity index (χ2n) is 9.91. The number of carbonyl (C=O) groups is 2. The molecule has 10 heteroatoms. The van der Waals surface area contributed by atoms with E-state index in [4.69, 9.17) is 4.74 Å². The Labute approximate surface area is 242 Å². The number of nitrogens with one attached hydrogen (secondary N) is 1. The Bertz CT molecular complexity index is 1410. The van der Waals surface area contributed by atoms with E-state index in [-0.39, 0.29) is 29.1 Å². The molecule has 0 radical (unpaired) electrons. The van der Waals surface area contributed by atoms with Crippen LogP contribution in [0, 0.1) is 12.7 Å². The highest BCUT2D eigenvalue weighted by molar-refractivity contribution is 7.92. The summed E-state index contributed by atoms with van der Waals surface area (Å²) in [4.78, 5) is 28.8. The number of halogens is 1. The van der Waals surface area contributed by atoms with Crippen LogP contribution in [-0.2, 0) is 26.2 Å². The fourth-order valence-corrected chi connectivity index (χ4v) is 5.68. The number of sulfonamides is 1. The lowest BCUT2D eigenvalue weighted by atomic mass is 10.1. The molecule has 0 heterocycles. The molecule has 3 rings (SSSR count). The van der Waals surface area contributed by atoms with E-state index < -0.39 is 34.3 Å². The molecule has 0 saturated carbocycles. The molecule has 8 nitrogen and oxygen atoms in total. The van der Waals surface area contributed by atoms with Crippen molar-refractivity contribution in [2.45, 2.75) is 64.1 Å². The quantitative estimate of drug-likeness (QED) is 0.304. The van der Waals surface area contributed by atoms with E-state index in [0.717, 1.165) is 27.6 Å². The van der Waals surface area contributed by atoms with Crippen LogP contribution in [0.25, 0.3) is 0 Å². The molecule has 3 aromatic rings. The molecule has 1 N–H and O–H groups in total. The van der Waals surface area contributed by atoms with Gasteiger partial charge in [-0.15, -0.1) is 0 Å². The fraction of sp³-hybridized carbons (Fsp3) is 0.355. The second-order valence-corrected chi connectivity index (χ2v) is 11.8. The Morgan fingerprint density at radius 1 is 0.927 bits per heavy atom. The summed E-state index contributed by atoms with van der Waals surface area (Å²) in [6.45, 7) is 6.94. The number of nitrogens with zero attached hydrogens (tertiary/aromatic N) is 2. The van der Waals surface area contributed by atoms with Gasteiger partial charge in [-0.1, -0.05) is 43.7 Å². The van der Waals surface area contributed by atoms with E-state index in [9.17, 15) is 22.4 Å².